The minimum Gasteiger partial charge on any atom is -0.445 e. The predicted molar refractivity (Wildman–Crippen MR) is 99.6 cm³/mol. The molecule has 0 radical (unpaired) electrons. The van der Waals surface area contributed by atoms with Crippen LogP contribution in [0.2, 0.25) is 0 Å². The number of aliphatic hydroxyl groups excluding tert-OH is 1. The third kappa shape index (κ3) is 5.34. The number of ether oxygens (including phenoxy) is 1. The van der Waals surface area contributed by atoms with Gasteiger partial charge >= 0.3 is 6.09 Å². The zero-order chi connectivity index (χ0) is 17.5. The monoisotopic (exact) mass is 356 g/mol. The smallest absolute Gasteiger partial charge is 0.408 e. The molecule has 0 fully saturated rings. The first-order valence-corrected chi connectivity index (χ1v) is 9.09. The Morgan fingerprint density at radius 3 is 2.40 bits per heavy atom. The first-order chi connectivity index (χ1) is 12.2. The summed E-state index contributed by atoms with van der Waals surface area (Å²) in [5.74, 6) is 0.515. The maximum absolute atomic E-state index is 12.2. The third-order valence-corrected chi connectivity index (χ3v) is 4.89. The van der Waals surface area contributed by atoms with Gasteiger partial charge in [0.1, 0.15) is 6.61 Å². The molecule has 130 valence electrons. The summed E-state index contributed by atoms with van der Waals surface area (Å²) in [7, 11) is 0. The highest BCUT2D eigenvalue weighted by Crippen LogP contribution is 2.21. The fraction of sp³-hybridized carbons (Fsp3) is 0.263. The van der Waals surface area contributed by atoms with Crippen molar-refractivity contribution in [3.8, 4) is 0 Å². The molecule has 0 spiro atoms. The van der Waals surface area contributed by atoms with E-state index in [1.54, 1.807) is 0 Å². The number of hydrogen-bond donors (Lipinski definition) is 2. The van der Waals surface area contributed by atoms with E-state index in [1.165, 1.54) is 11.8 Å². The number of nitrogens with one attached hydrogen (secondary N) is 1. The van der Waals surface area contributed by atoms with E-state index in [9.17, 15) is 9.90 Å². The molecule has 2 N–H and O–H groups in total. The second kappa shape index (κ2) is 8.69. The highest BCUT2D eigenvalue weighted by atomic mass is 32.2. The summed E-state index contributed by atoms with van der Waals surface area (Å²) in [6, 6.07) is 19.1. The molecule has 6 heteroatoms. The average Bonchev–Trinajstić information content (AvgIpc) is 3.08. The molecule has 1 aliphatic heterocycles. The Hall–Kier alpha value is -2.31. The summed E-state index contributed by atoms with van der Waals surface area (Å²) in [5.41, 5.74) is 2.01. The van der Waals surface area contributed by atoms with Crippen molar-refractivity contribution < 1.29 is 14.6 Å². The zero-order valence-corrected chi connectivity index (χ0v) is 14.5. The van der Waals surface area contributed by atoms with Crippen LogP contribution in [-0.2, 0) is 17.8 Å². The molecule has 0 aromatic heterocycles. The van der Waals surface area contributed by atoms with E-state index < -0.39 is 12.3 Å². The molecular formula is C19H20N2O3S. The molecule has 2 atom stereocenters. The van der Waals surface area contributed by atoms with Crippen LogP contribution in [0.5, 0.6) is 0 Å². The first kappa shape index (κ1) is 17.5. The standard InChI is InChI=1S/C19H20N2O3S/c22-17-13-25-18(21-17)16(11-14-7-3-1-4-8-14)20-19(23)24-12-15-9-5-2-6-10-15/h1-10,16-17,22H,11-13H2,(H,20,23). The minimum atomic E-state index is -0.708. The topological polar surface area (TPSA) is 70.9 Å². The maximum Gasteiger partial charge on any atom is 0.408 e. The lowest BCUT2D eigenvalue weighted by atomic mass is 10.1. The second-order valence-electron chi connectivity index (χ2n) is 5.71. The van der Waals surface area contributed by atoms with Gasteiger partial charge in [0.25, 0.3) is 0 Å². The Balaban J connectivity index is 1.62. The van der Waals surface area contributed by atoms with Crippen molar-refractivity contribution in [1.29, 1.82) is 0 Å². The third-order valence-electron chi connectivity index (χ3n) is 3.74. The molecule has 1 amide bonds. The van der Waals surface area contributed by atoms with Crippen molar-refractivity contribution in [1.82, 2.24) is 5.32 Å². The molecule has 0 bridgehead atoms. The van der Waals surface area contributed by atoms with Gasteiger partial charge in [0.2, 0.25) is 0 Å². The van der Waals surface area contributed by atoms with Crippen LogP contribution in [-0.4, -0.2) is 34.3 Å². The summed E-state index contributed by atoms with van der Waals surface area (Å²) in [4.78, 5) is 16.4. The molecule has 25 heavy (non-hydrogen) atoms. The van der Waals surface area contributed by atoms with Crippen molar-refractivity contribution in [2.45, 2.75) is 25.3 Å². The number of carbonyl (C=O) groups excluding carboxylic acids is 1. The Morgan fingerprint density at radius 1 is 1.16 bits per heavy atom. The Labute approximate surface area is 151 Å². The zero-order valence-electron chi connectivity index (χ0n) is 13.7. The molecule has 0 aliphatic carbocycles. The second-order valence-corrected chi connectivity index (χ2v) is 6.75. The van der Waals surface area contributed by atoms with Gasteiger partial charge in [-0.1, -0.05) is 60.7 Å². The lowest BCUT2D eigenvalue weighted by Crippen LogP contribution is -2.41. The van der Waals surface area contributed by atoms with Gasteiger partial charge in [0.15, 0.2) is 6.23 Å². The number of alkyl carbamates (subject to hydrolysis) is 1. The Kier molecular flexibility index (Phi) is 6.09. The van der Waals surface area contributed by atoms with Gasteiger partial charge in [0, 0.05) is 5.75 Å². The van der Waals surface area contributed by atoms with E-state index in [0.29, 0.717) is 12.2 Å². The van der Waals surface area contributed by atoms with Gasteiger partial charge in [-0.2, -0.15) is 0 Å². The summed E-state index contributed by atoms with van der Waals surface area (Å²) in [6.45, 7) is 0.215. The van der Waals surface area contributed by atoms with Crippen LogP contribution in [0.15, 0.2) is 65.7 Å². The molecule has 2 unspecified atom stereocenters. The van der Waals surface area contributed by atoms with E-state index in [0.717, 1.165) is 16.2 Å². The molecule has 2 aromatic rings. The lowest BCUT2D eigenvalue weighted by molar-refractivity contribution is 0.138. The van der Waals surface area contributed by atoms with Gasteiger partial charge in [0.05, 0.1) is 11.1 Å². The Morgan fingerprint density at radius 2 is 1.80 bits per heavy atom. The van der Waals surface area contributed by atoms with Gasteiger partial charge in [-0.15, -0.1) is 11.8 Å². The van der Waals surface area contributed by atoms with Crippen molar-refractivity contribution >= 4 is 22.9 Å². The molecule has 2 aromatic carbocycles. The van der Waals surface area contributed by atoms with Crippen LogP contribution < -0.4 is 5.32 Å². The van der Waals surface area contributed by atoms with Gasteiger partial charge in [-0.3, -0.25) is 0 Å². The van der Waals surface area contributed by atoms with Crippen LogP contribution in [0.3, 0.4) is 0 Å². The van der Waals surface area contributed by atoms with Gasteiger partial charge < -0.3 is 15.2 Å². The normalized spacial score (nSPS) is 17.6. The number of aliphatic hydroxyl groups is 1. The number of carbonyl (C=O) groups is 1. The fourth-order valence-electron chi connectivity index (χ4n) is 2.53. The molecule has 1 aliphatic rings. The number of nitrogens with zero attached hydrogens (tertiary/aromatic N) is 1. The van der Waals surface area contributed by atoms with Crippen molar-refractivity contribution in [3.05, 3.63) is 71.8 Å². The minimum absolute atomic E-state index is 0.215. The largest absolute Gasteiger partial charge is 0.445 e. The summed E-state index contributed by atoms with van der Waals surface area (Å²) in [6.07, 6.45) is -0.602. The number of rotatable bonds is 6. The number of hydrogen-bond acceptors (Lipinski definition) is 5. The highest BCUT2D eigenvalue weighted by Gasteiger charge is 2.26. The fourth-order valence-corrected chi connectivity index (χ4v) is 3.46. The maximum atomic E-state index is 12.2. The van der Waals surface area contributed by atoms with E-state index in [4.69, 9.17) is 4.74 Å². The molecule has 1 heterocycles. The molecule has 3 rings (SSSR count). The molecule has 5 nitrogen and oxygen atoms in total. The lowest BCUT2D eigenvalue weighted by Gasteiger charge is -2.18. The summed E-state index contributed by atoms with van der Waals surface area (Å²) in [5, 5.41) is 13.3. The predicted octanol–water partition coefficient (Wildman–Crippen LogP) is 2.99. The summed E-state index contributed by atoms with van der Waals surface area (Å²) >= 11 is 1.46. The van der Waals surface area contributed by atoms with Gasteiger partial charge in [-0.05, 0) is 17.5 Å². The van der Waals surface area contributed by atoms with Crippen LogP contribution in [0.25, 0.3) is 0 Å². The van der Waals surface area contributed by atoms with E-state index in [1.807, 2.05) is 60.7 Å². The molecule has 0 saturated carbocycles. The number of aliphatic imine (C=N–C) groups is 1. The molecule has 0 saturated heterocycles. The average molecular weight is 356 g/mol. The SMILES string of the molecule is O=C(NC(Cc1ccccc1)C1=NC(O)CS1)OCc1ccccc1. The van der Waals surface area contributed by atoms with Gasteiger partial charge in [-0.25, -0.2) is 9.79 Å². The van der Waals surface area contributed by atoms with E-state index >= 15 is 0 Å². The van der Waals surface area contributed by atoms with Crippen molar-refractivity contribution in [2.24, 2.45) is 4.99 Å². The first-order valence-electron chi connectivity index (χ1n) is 8.10. The highest BCUT2D eigenvalue weighted by molar-refractivity contribution is 8.14. The van der Waals surface area contributed by atoms with Crippen molar-refractivity contribution in [2.75, 3.05) is 5.75 Å². The summed E-state index contributed by atoms with van der Waals surface area (Å²) < 4.78 is 5.31. The van der Waals surface area contributed by atoms with E-state index in [-0.39, 0.29) is 12.6 Å². The number of amides is 1. The van der Waals surface area contributed by atoms with Crippen LogP contribution in [0.4, 0.5) is 4.79 Å². The molecular weight excluding hydrogens is 336 g/mol. The quantitative estimate of drug-likeness (QED) is 0.835. The van der Waals surface area contributed by atoms with Crippen molar-refractivity contribution in [3.63, 3.8) is 0 Å². The number of benzene rings is 2. The van der Waals surface area contributed by atoms with E-state index in [2.05, 4.69) is 10.3 Å². The number of thioether (sulfide) groups is 1. The van der Waals surface area contributed by atoms with Crippen LogP contribution in [0, 0.1) is 0 Å². The van der Waals surface area contributed by atoms with Crippen LogP contribution in [0.1, 0.15) is 11.1 Å². The Bertz CT molecular complexity index is 722. The van der Waals surface area contributed by atoms with Crippen LogP contribution >= 0.6 is 11.8 Å².